The third kappa shape index (κ3) is 8.55. The number of aliphatic hydroxyl groups excluding tert-OH is 1. The monoisotopic (exact) mass is 907 g/mol. The molecule has 1 amide bonds. The Hall–Kier alpha value is -4.91. The van der Waals surface area contributed by atoms with Gasteiger partial charge in [-0.1, -0.05) is 69.3 Å². The maximum atomic E-state index is 14.5. The van der Waals surface area contributed by atoms with E-state index in [4.69, 9.17) is 37.9 Å². The minimum absolute atomic E-state index is 0.0256. The van der Waals surface area contributed by atoms with Crippen molar-refractivity contribution in [2.75, 3.05) is 13.2 Å². The molecule has 7 rings (SSSR count). The van der Waals surface area contributed by atoms with Gasteiger partial charge in [-0.25, -0.2) is 19.2 Å². The molecule has 2 heterocycles. The number of carbonyl (C=O) groups excluding carboxylic acids is 4. The van der Waals surface area contributed by atoms with Crippen molar-refractivity contribution in [2.24, 2.45) is 16.7 Å². The highest BCUT2D eigenvalue weighted by Gasteiger charge is 2.79. The quantitative estimate of drug-likeness (QED) is 0.133. The molecule has 65 heavy (non-hydrogen) atoms. The van der Waals surface area contributed by atoms with Crippen LogP contribution in [0.2, 0.25) is 0 Å². The van der Waals surface area contributed by atoms with Crippen LogP contribution >= 0.6 is 0 Å². The summed E-state index contributed by atoms with van der Waals surface area (Å²) in [7, 11) is 0. The van der Waals surface area contributed by atoms with Crippen LogP contribution in [0.3, 0.4) is 0 Å². The third-order valence-electron chi connectivity index (χ3n) is 13.9. The molecule has 2 aromatic rings. The molecule has 2 aliphatic heterocycles. The number of fused-ring (bicyclic) bond motifs is 8. The molecule has 0 spiro atoms. The summed E-state index contributed by atoms with van der Waals surface area (Å²) >= 11 is 0. The summed E-state index contributed by atoms with van der Waals surface area (Å²) in [5, 5.41) is 38.3. The molecule has 2 bridgehead atoms. The number of carbonyl (C=O) groups is 5. The maximum Gasteiger partial charge on any atom is 0.408 e. The number of carboxylic acids is 1. The van der Waals surface area contributed by atoms with Crippen molar-refractivity contribution >= 4 is 30.0 Å². The Kier molecular flexibility index (Phi) is 12.6. The number of nitrogens with one attached hydrogen (secondary N) is 1. The molecule has 0 radical (unpaired) electrons. The number of aliphatic carboxylic acids is 1. The average Bonchev–Trinajstić information content (AvgIpc) is 3.53. The molecule has 3 aliphatic carbocycles. The van der Waals surface area contributed by atoms with Gasteiger partial charge in [0.2, 0.25) is 0 Å². The highest BCUT2D eigenvalue weighted by Crippen LogP contribution is 2.67. The van der Waals surface area contributed by atoms with Crippen LogP contribution in [-0.4, -0.2) is 124 Å². The van der Waals surface area contributed by atoms with E-state index < -0.39 is 131 Å². The van der Waals surface area contributed by atoms with Crippen molar-refractivity contribution in [3.05, 3.63) is 82.9 Å². The van der Waals surface area contributed by atoms with E-state index in [0.717, 1.165) is 0 Å². The average molecular weight is 908 g/mol. The molecule has 17 heteroatoms. The number of benzene rings is 2. The zero-order chi connectivity index (χ0) is 47.7. The van der Waals surface area contributed by atoms with Gasteiger partial charge in [0, 0.05) is 30.6 Å². The van der Waals surface area contributed by atoms with Crippen LogP contribution in [-0.2, 0) is 52.3 Å². The van der Waals surface area contributed by atoms with Crippen molar-refractivity contribution in [3.8, 4) is 0 Å². The molecule has 2 saturated carbocycles. The first-order valence-corrected chi connectivity index (χ1v) is 21.9. The van der Waals surface area contributed by atoms with Crippen molar-refractivity contribution in [1.82, 2.24) is 5.32 Å². The second-order valence-electron chi connectivity index (χ2n) is 20.0. The molecule has 11 unspecified atom stereocenters. The van der Waals surface area contributed by atoms with E-state index in [-0.39, 0.29) is 18.6 Å². The van der Waals surface area contributed by atoms with E-state index in [1.54, 1.807) is 123 Å². The van der Waals surface area contributed by atoms with Crippen LogP contribution in [0.5, 0.6) is 0 Å². The summed E-state index contributed by atoms with van der Waals surface area (Å²) in [5.74, 6) is -6.56. The van der Waals surface area contributed by atoms with Gasteiger partial charge in [-0.15, -0.1) is 0 Å². The molecule has 4 fully saturated rings. The van der Waals surface area contributed by atoms with Crippen LogP contribution in [0.4, 0.5) is 4.79 Å². The van der Waals surface area contributed by atoms with Gasteiger partial charge in [0.15, 0.2) is 17.5 Å². The van der Waals surface area contributed by atoms with Crippen molar-refractivity contribution < 1.29 is 77.2 Å². The molecular weight excluding hydrogens is 847 g/mol. The maximum absolute atomic E-state index is 14.5. The number of ether oxygens (including phenoxy) is 8. The normalized spacial score (nSPS) is 34.1. The molecule has 5 aliphatic rings. The Morgan fingerprint density at radius 2 is 1.55 bits per heavy atom. The van der Waals surface area contributed by atoms with Crippen LogP contribution in [0, 0.1) is 16.7 Å². The fourth-order valence-electron chi connectivity index (χ4n) is 11.1. The second-order valence-corrected chi connectivity index (χ2v) is 20.0. The zero-order valence-corrected chi connectivity index (χ0v) is 38.4. The predicted octanol–water partition coefficient (Wildman–Crippen LogP) is 4.96. The first-order valence-electron chi connectivity index (χ1n) is 21.9. The summed E-state index contributed by atoms with van der Waals surface area (Å²) < 4.78 is 50.7. The van der Waals surface area contributed by atoms with E-state index >= 15 is 0 Å². The summed E-state index contributed by atoms with van der Waals surface area (Å²) in [6, 6.07) is 15.1. The minimum atomic E-state index is -2.25. The van der Waals surface area contributed by atoms with E-state index in [1.165, 1.54) is 6.92 Å². The fourth-order valence-corrected chi connectivity index (χ4v) is 11.1. The van der Waals surface area contributed by atoms with E-state index in [9.17, 15) is 39.3 Å². The number of carboxylic acid groups (broad SMARTS) is 1. The molecule has 4 N–H and O–H groups in total. The van der Waals surface area contributed by atoms with Gasteiger partial charge in [-0.2, -0.15) is 0 Å². The molecule has 2 saturated heterocycles. The molecule has 2 aromatic carbocycles. The Morgan fingerprint density at radius 3 is 2.12 bits per heavy atom. The Labute approximate surface area is 378 Å². The molecule has 0 aromatic heterocycles. The first kappa shape index (κ1) is 48.0. The topological polar surface area (TPSA) is 232 Å². The Balaban J connectivity index is 1.42. The van der Waals surface area contributed by atoms with Gasteiger partial charge in [0.1, 0.15) is 42.2 Å². The zero-order valence-electron chi connectivity index (χ0n) is 38.4. The molecule has 354 valence electrons. The van der Waals surface area contributed by atoms with Gasteiger partial charge < -0.3 is 58.5 Å². The summed E-state index contributed by atoms with van der Waals surface area (Å²) in [4.78, 5) is 67.5. The third-order valence-corrected chi connectivity index (χ3v) is 13.9. The van der Waals surface area contributed by atoms with E-state index in [1.807, 2.05) is 0 Å². The molecule has 12 atom stereocenters. The second kappa shape index (κ2) is 17.1. The Bertz CT molecular complexity index is 2200. The molecule has 17 nitrogen and oxygen atoms in total. The van der Waals surface area contributed by atoms with Gasteiger partial charge in [-0.05, 0) is 70.4 Å². The van der Waals surface area contributed by atoms with Crippen molar-refractivity contribution in [2.45, 2.75) is 153 Å². The highest BCUT2D eigenvalue weighted by atomic mass is 16.8. The van der Waals surface area contributed by atoms with Crippen molar-refractivity contribution in [3.63, 3.8) is 0 Å². The Morgan fingerprint density at radius 1 is 0.923 bits per heavy atom. The lowest BCUT2D eigenvalue weighted by Crippen LogP contribution is -2.82. The number of hydrogen-bond donors (Lipinski definition) is 4. The number of alkyl carbamates (subject to hydrolysis) is 1. The summed E-state index contributed by atoms with van der Waals surface area (Å²) in [6.07, 6.45) is -10.4. The first-order chi connectivity index (χ1) is 30.3. The van der Waals surface area contributed by atoms with Crippen molar-refractivity contribution in [1.29, 1.82) is 0 Å². The van der Waals surface area contributed by atoms with Crippen LogP contribution in [0.15, 0.2) is 71.8 Å². The largest absolute Gasteiger partial charge is 0.480 e. The number of hydrogen-bond acceptors (Lipinski definition) is 15. The predicted molar refractivity (Wildman–Crippen MR) is 228 cm³/mol. The van der Waals surface area contributed by atoms with E-state index in [2.05, 4.69) is 5.32 Å². The van der Waals surface area contributed by atoms with Gasteiger partial charge in [0.05, 0.1) is 36.3 Å². The number of rotatable bonds is 11. The summed E-state index contributed by atoms with van der Waals surface area (Å²) in [5.41, 5.74) is -6.32. The number of esters is 3. The van der Waals surface area contributed by atoms with Gasteiger partial charge in [-0.3, -0.25) is 4.79 Å². The number of aliphatic hydroxyl groups is 2. The van der Waals surface area contributed by atoms with Crippen LogP contribution in [0.1, 0.15) is 104 Å². The SMILES string of the molecule is CC(=O)OC12COC1CC(OCC(=O)O)[C@@]1(C)C3OC(C)(C)OC3C3=C(C)C(OC(=O)C(O)C(NC(=O)OC(C)(C)C)c4ccccc4)CC(O)(C(OC(=O)c4ccccc4)C21)C3(C)C. The fraction of sp³-hybridized carbons (Fsp3) is 0.604. The lowest BCUT2D eigenvalue weighted by atomic mass is 9.44. The lowest BCUT2D eigenvalue weighted by molar-refractivity contribution is -0.365. The standard InChI is InChI=1S/C48H61NO16/c1-25-29(60-41(55)35(53)34(27-17-13-11-14-18-27)49-42(56)65-43(3,4)5)22-48(57)39(61-40(54)28-19-15-12-16-20-28)37-46(10,38-36(33(25)44(48,6)7)63-45(8,9)64-38)30(58-23-32(51)52)21-31-47(37,24-59-31)62-26(2)50/h11-20,29-31,34-39,53,57H,21-24H2,1-10H3,(H,49,56)(H,51,52)/t29?,30?,31?,34?,35?,36?,37?,38?,39?,46-,47?,48?/m1/s1. The molecular formula is C48H61NO16. The smallest absolute Gasteiger partial charge is 0.408 e. The summed E-state index contributed by atoms with van der Waals surface area (Å²) in [6.45, 7) is 15.7. The van der Waals surface area contributed by atoms with Gasteiger partial charge >= 0.3 is 30.0 Å². The number of amides is 1. The highest BCUT2D eigenvalue weighted by molar-refractivity contribution is 5.89. The van der Waals surface area contributed by atoms with E-state index in [0.29, 0.717) is 16.7 Å². The van der Waals surface area contributed by atoms with Gasteiger partial charge in [0.25, 0.3) is 0 Å². The lowest BCUT2D eigenvalue weighted by Gasteiger charge is -2.69. The van der Waals surface area contributed by atoms with Crippen LogP contribution in [0.25, 0.3) is 0 Å². The van der Waals surface area contributed by atoms with Crippen LogP contribution < -0.4 is 5.32 Å². The minimum Gasteiger partial charge on any atom is -0.480 e.